The molecule has 2 aromatic heterocycles. The summed E-state index contributed by atoms with van der Waals surface area (Å²) < 4.78 is 35.2. The van der Waals surface area contributed by atoms with E-state index in [-0.39, 0.29) is 24.5 Å². The molecule has 9 heteroatoms. The molecule has 0 radical (unpaired) electrons. The topological polar surface area (TPSA) is 80.5 Å². The largest absolute Gasteiger partial charge is 0.474 e. The Labute approximate surface area is 217 Å². The van der Waals surface area contributed by atoms with Crippen LogP contribution in [0.4, 0.5) is 8.78 Å². The molecule has 1 amide bonds. The van der Waals surface area contributed by atoms with E-state index in [1.165, 1.54) is 0 Å². The molecule has 0 bridgehead atoms. The van der Waals surface area contributed by atoms with E-state index in [9.17, 15) is 18.7 Å². The van der Waals surface area contributed by atoms with E-state index < -0.39 is 12.3 Å². The van der Waals surface area contributed by atoms with Gasteiger partial charge in [0.15, 0.2) is 5.69 Å². The molecule has 0 unspecified atom stereocenters. The lowest BCUT2D eigenvalue weighted by Crippen LogP contribution is -2.40. The second-order valence-electron chi connectivity index (χ2n) is 11.0. The number of aryl methyl sites for hydroxylation is 2. The molecule has 1 atom stereocenters. The second kappa shape index (κ2) is 11.5. The van der Waals surface area contributed by atoms with Gasteiger partial charge in [-0.05, 0) is 83.1 Å². The number of carbonyl (C=O) groups excluding carboxylic acids is 1. The number of halogens is 2. The summed E-state index contributed by atoms with van der Waals surface area (Å²) in [6.45, 7) is 3.65. The highest BCUT2D eigenvalue weighted by atomic mass is 19.3. The van der Waals surface area contributed by atoms with Crippen molar-refractivity contribution in [3.8, 4) is 5.88 Å². The van der Waals surface area contributed by atoms with E-state index in [4.69, 9.17) is 9.84 Å². The Morgan fingerprint density at radius 1 is 1.16 bits per heavy atom. The first-order chi connectivity index (χ1) is 17.9. The van der Waals surface area contributed by atoms with Crippen molar-refractivity contribution in [3.63, 3.8) is 0 Å². The van der Waals surface area contributed by atoms with Crippen molar-refractivity contribution in [1.82, 2.24) is 19.7 Å². The van der Waals surface area contributed by atoms with E-state index in [2.05, 4.69) is 4.98 Å². The smallest absolute Gasteiger partial charge is 0.274 e. The Morgan fingerprint density at radius 2 is 1.92 bits per heavy atom. The molecule has 1 N–H and O–H groups in total. The first kappa shape index (κ1) is 26.1. The van der Waals surface area contributed by atoms with Crippen LogP contribution in [0.5, 0.6) is 5.88 Å². The minimum absolute atomic E-state index is 0.125. The fourth-order valence-electron chi connectivity index (χ4n) is 6.09. The zero-order valence-corrected chi connectivity index (χ0v) is 21.6. The van der Waals surface area contributed by atoms with Crippen LogP contribution in [0, 0.1) is 18.8 Å². The highest BCUT2D eigenvalue weighted by Gasteiger charge is 2.35. The van der Waals surface area contributed by atoms with Crippen molar-refractivity contribution >= 4 is 5.91 Å². The van der Waals surface area contributed by atoms with E-state index in [1.54, 1.807) is 11.1 Å². The lowest BCUT2D eigenvalue weighted by atomic mass is 9.85. The predicted molar refractivity (Wildman–Crippen MR) is 135 cm³/mol. The van der Waals surface area contributed by atoms with Gasteiger partial charge in [-0.3, -0.25) is 9.48 Å². The summed E-state index contributed by atoms with van der Waals surface area (Å²) in [6.07, 6.45) is 6.38. The van der Waals surface area contributed by atoms with E-state index >= 15 is 0 Å². The van der Waals surface area contributed by atoms with Crippen molar-refractivity contribution in [2.75, 3.05) is 13.1 Å². The molecular formula is C28H38F2N4O3. The predicted octanol–water partition coefficient (Wildman–Crippen LogP) is 4.58. The SMILES string of the molecule is Cc1cccnc1OC1CCC(CCn2nc(C(=O)N3CCC(O)CC3)c3c2C[C@@H](C(F)F)CC3)CC1. The van der Waals surface area contributed by atoms with Gasteiger partial charge in [0.2, 0.25) is 12.3 Å². The standard InChI is InChI=1S/C28H38F2N4O3/c1-18-3-2-13-31-27(18)37-22-7-4-19(5-8-22)10-16-34-24-17-20(26(29)30)6-9-23(24)25(32-34)28(36)33-14-11-21(35)12-15-33/h2-3,13,19-22,26,35H,4-12,14-17H2,1H3/t19?,20-,22?/m0/s1. The number of alkyl halides is 2. The molecule has 1 aliphatic heterocycles. The average Bonchev–Trinajstić information content (AvgIpc) is 3.27. The van der Waals surface area contributed by atoms with Crippen LogP contribution in [0.25, 0.3) is 0 Å². The minimum atomic E-state index is -2.36. The molecule has 0 aromatic carbocycles. The number of rotatable bonds is 7. The number of likely N-dealkylation sites (tertiary alicyclic amines) is 1. The molecule has 2 aliphatic carbocycles. The number of nitrogens with zero attached hydrogens (tertiary/aromatic N) is 4. The molecule has 1 saturated carbocycles. The molecule has 7 nitrogen and oxygen atoms in total. The van der Waals surface area contributed by atoms with Crippen LogP contribution in [-0.4, -0.2) is 62.4 Å². The first-order valence-corrected chi connectivity index (χ1v) is 13.8. The summed E-state index contributed by atoms with van der Waals surface area (Å²) in [6, 6.07) is 3.91. The van der Waals surface area contributed by atoms with Crippen molar-refractivity contribution in [1.29, 1.82) is 0 Å². The normalized spacial score (nSPS) is 24.8. The summed E-state index contributed by atoms with van der Waals surface area (Å²) in [5.41, 5.74) is 3.15. The third kappa shape index (κ3) is 5.97. The van der Waals surface area contributed by atoms with Gasteiger partial charge in [0.1, 0.15) is 6.10 Å². The fourth-order valence-corrected chi connectivity index (χ4v) is 6.09. The zero-order valence-electron chi connectivity index (χ0n) is 21.6. The molecule has 2 aromatic rings. The number of aliphatic hydroxyl groups is 1. The van der Waals surface area contributed by atoms with Crippen LogP contribution in [0.1, 0.15) is 78.7 Å². The Kier molecular flexibility index (Phi) is 8.07. The number of aliphatic hydroxyl groups excluding tert-OH is 1. The van der Waals surface area contributed by atoms with Gasteiger partial charge in [-0.1, -0.05) is 6.07 Å². The maximum absolute atomic E-state index is 13.6. The number of hydrogen-bond donors (Lipinski definition) is 1. The lowest BCUT2D eigenvalue weighted by Gasteiger charge is -2.29. The molecule has 0 spiro atoms. The highest BCUT2D eigenvalue weighted by molar-refractivity contribution is 5.94. The van der Waals surface area contributed by atoms with Gasteiger partial charge in [0.05, 0.1) is 6.10 Å². The molecule has 3 aliphatic rings. The van der Waals surface area contributed by atoms with Gasteiger partial charge in [-0.2, -0.15) is 5.10 Å². The Morgan fingerprint density at radius 3 is 2.62 bits per heavy atom. The number of ether oxygens (including phenoxy) is 1. The fraction of sp³-hybridized carbons (Fsp3) is 0.679. The number of hydrogen-bond acceptors (Lipinski definition) is 5. The maximum Gasteiger partial charge on any atom is 0.274 e. The van der Waals surface area contributed by atoms with Crippen LogP contribution >= 0.6 is 0 Å². The Bertz CT molecular complexity index is 1080. The van der Waals surface area contributed by atoms with Gasteiger partial charge in [-0.25, -0.2) is 13.8 Å². The van der Waals surface area contributed by atoms with Gasteiger partial charge >= 0.3 is 0 Å². The second-order valence-corrected chi connectivity index (χ2v) is 11.0. The van der Waals surface area contributed by atoms with Gasteiger partial charge in [0, 0.05) is 48.6 Å². The summed E-state index contributed by atoms with van der Waals surface area (Å²) >= 11 is 0. The van der Waals surface area contributed by atoms with Crippen LogP contribution < -0.4 is 4.74 Å². The van der Waals surface area contributed by atoms with Gasteiger partial charge < -0.3 is 14.7 Å². The van der Waals surface area contributed by atoms with Crippen LogP contribution in [0.15, 0.2) is 18.3 Å². The van der Waals surface area contributed by atoms with Crippen molar-refractivity contribution < 1.29 is 23.4 Å². The number of amides is 1. The Hall–Kier alpha value is -2.55. The number of fused-ring (bicyclic) bond motifs is 1. The van der Waals surface area contributed by atoms with Gasteiger partial charge in [0.25, 0.3) is 5.91 Å². The summed E-state index contributed by atoms with van der Waals surface area (Å²) in [5, 5.41) is 14.5. The number of pyridine rings is 1. The van der Waals surface area contributed by atoms with Crippen LogP contribution in [-0.2, 0) is 19.4 Å². The zero-order chi connectivity index (χ0) is 25.9. The van der Waals surface area contributed by atoms with Crippen molar-refractivity contribution in [3.05, 3.63) is 40.8 Å². The lowest BCUT2D eigenvalue weighted by molar-refractivity contribution is 0.0539. The number of carbonyl (C=O) groups is 1. The number of piperidine rings is 1. The molecule has 202 valence electrons. The minimum Gasteiger partial charge on any atom is -0.474 e. The highest BCUT2D eigenvalue weighted by Crippen LogP contribution is 2.34. The summed E-state index contributed by atoms with van der Waals surface area (Å²) in [4.78, 5) is 19.4. The molecule has 1 saturated heterocycles. The molecule has 3 heterocycles. The first-order valence-electron chi connectivity index (χ1n) is 13.8. The van der Waals surface area contributed by atoms with Crippen molar-refractivity contribution in [2.24, 2.45) is 11.8 Å². The molecule has 37 heavy (non-hydrogen) atoms. The van der Waals surface area contributed by atoms with Crippen LogP contribution in [0.3, 0.4) is 0 Å². The summed E-state index contributed by atoms with van der Waals surface area (Å²) in [5.74, 6) is 0.420. The molecule has 2 fully saturated rings. The van der Waals surface area contributed by atoms with E-state index in [0.29, 0.717) is 62.8 Å². The monoisotopic (exact) mass is 516 g/mol. The van der Waals surface area contributed by atoms with Crippen molar-refractivity contribution in [2.45, 2.75) is 96.3 Å². The molecule has 5 rings (SSSR count). The number of aromatic nitrogens is 3. The molecular weight excluding hydrogens is 478 g/mol. The average molecular weight is 517 g/mol. The quantitative estimate of drug-likeness (QED) is 0.583. The van der Waals surface area contributed by atoms with Gasteiger partial charge in [-0.15, -0.1) is 0 Å². The third-order valence-electron chi connectivity index (χ3n) is 8.48. The third-order valence-corrected chi connectivity index (χ3v) is 8.48. The maximum atomic E-state index is 13.6. The van der Waals surface area contributed by atoms with Crippen LogP contribution in [0.2, 0.25) is 0 Å². The summed E-state index contributed by atoms with van der Waals surface area (Å²) in [7, 11) is 0. The van der Waals surface area contributed by atoms with E-state index in [0.717, 1.165) is 48.9 Å². The Balaban J connectivity index is 1.23. The van der Waals surface area contributed by atoms with E-state index in [1.807, 2.05) is 23.7 Å².